The van der Waals surface area contributed by atoms with Crippen molar-refractivity contribution in [2.75, 3.05) is 13.1 Å². The smallest absolute Gasteiger partial charge is 0.271 e. The minimum Gasteiger partial charge on any atom is -0.355 e. The van der Waals surface area contributed by atoms with Gasteiger partial charge in [-0.15, -0.1) is 0 Å². The summed E-state index contributed by atoms with van der Waals surface area (Å²) in [5, 5.41) is 5.27. The van der Waals surface area contributed by atoms with Crippen LogP contribution >= 0.6 is 0 Å². The average Bonchev–Trinajstić information content (AvgIpc) is 3.07. The molecule has 0 saturated heterocycles. The van der Waals surface area contributed by atoms with Gasteiger partial charge in [-0.3, -0.25) is 14.6 Å². The number of para-hydroxylation sites is 2. The Hall–Kier alpha value is -3.29. The molecule has 2 heterocycles. The summed E-state index contributed by atoms with van der Waals surface area (Å²) in [6, 6.07) is 7.84. The van der Waals surface area contributed by atoms with Gasteiger partial charge in [-0.2, -0.15) is 0 Å². The van der Waals surface area contributed by atoms with Crippen LogP contribution in [0.4, 0.5) is 0 Å². The third kappa shape index (κ3) is 4.60. The van der Waals surface area contributed by atoms with E-state index < -0.39 is 5.91 Å². The van der Waals surface area contributed by atoms with Crippen LogP contribution in [0.15, 0.2) is 42.9 Å². The Morgan fingerprint density at radius 2 is 2.00 bits per heavy atom. The SMILES string of the molecule is O=C(CNC(=O)c1cnccn1)NCCCc1nc2ccccc2[nH]1. The van der Waals surface area contributed by atoms with Gasteiger partial charge in [-0.25, -0.2) is 9.97 Å². The topological polar surface area (TPSA) is 113 Å². The van der Waals surface area contributed by atoms with Crippen molar-refractivity contribution in [1.29, 1.82) is 0 Å². The van der Waals surface area contributed by atoms with E-state index in [9.17, 15) is 9.59 Å². The van der Waals surface area contributed by atoms with Crippen molar-refractivity contribution in [3.8, 4) is 0 Å². The highest BCUT2D eigenvalue weighted by molar-refractivity contribution is 5.94. The molecule has 2 amide bonds. The lowest BCUT2D eigenvalue weighted by atomic mass is 10.3. The normalized spacial score (nSPS) is 10.6. The van der Waals surface area contributed by atoms with E-state index >= 15 is 0 Å². The Labute approximate surface area is 144 Å². The number of amides is 2. The highest BCUT2D eigenvalue weighted by Crippen LogP contribution is 2.10. The van der Waals surface area contributed by atoms with Crippen molar-refractivity contribution in [2.45, 2.75) is 12.8 Å². The van der Waals surface area contributed by atoms with Crippen LogP contribution in [0.1, 0.15) is 22.7 Å². The molecule has 0 spiro atoms. The number of aromatic amines is 1. The van der Waals surface area contributed by atoms with Crippen molar-refractivity contribution in [3.05, 3.63) is 54.4 Å². The number of hydrogen-bond donors (Lipinski definition) is 3. The molecule has 0 atom stereocenters. The zero-order chi connectivity index (χ0) is 17.5. The summed E-state index contributed by atoms with van der Waals surface area (Å²) in [4.78, 5) is 38.9. The van der Waals surface area contributed by atoms with Crippen LogP contribution in [-0.2, 0) is 11.2 Å². The molecule has 8 nitrogen and oxygen atoms in total. The quantitative estimate of drug-likeness (QED) is 0.552. The summed E-state index contributed by atoms with van der Waals surface area (Å²) < 4.78 is 0. The van der Waals surface area contributed by atoms with Crippen molar-refractivity contribution in [3.63, 3.8) is 0 Å². The first kappa shape index (κ1) is 16.6. The predicted molar refractivity (Wildman–Crippen MR) is 91.8 cm³/mol. The number of carbonyl (C=O) groups is 2. The number of H-pyrrole nitrogens is 1. The minimum absolute atomic E-state index is 0.0972. The zero-order valence-electron chi connectivity index (χ0n) is 13.5. The minimum atomic E-state index is -0.425. The van der Waals surface area contributed by atoms with Gasteiger partial charge in [-0.1, -0.05) is 12.1 Å². The highest BCUT2D eigenvalue weighted by Gasteiger charge is 2.09. The van der Waals surface area contributed by atoms with Crippen molar-refractivity contribution >= 4 is 22.8 Å². The van der Waals surface area contributed by atoms with Crippen LogP contribution in [0.3, 0.4) is 0 Å². The third-order valence-electron chi connectivity index (χ3n) is 3.56. The molecule has 128 valence electrons. The van der Waals surface area contributed by atoms with Gasteiger partial charge in [0.1, 0.15) is 11.5 Å². The molecule has 0 fully saturated rings. The Morgan fingerprint density at radius 3 is 2.80 bits per heavy atom. The number of rotatable bonds is 7. The fourth-order valence-electron chi connectivity index (χ4n) is 2.34. The Balaban J connectivity index is 1.36. The summed E-state index contributed by atoms with van der Waals surface area (Å²) in [5.41, 5.74) is 2.13. The first-order chi connectivity index (χ1) is 12.2. The molecule has 0 aliphatic heterocycles. The molecule has 0 bridgehead atoms. The summed E-state index contributed by atoms with van der Waals surface area (Å²) in [7, 11) is 0. The predicted octanol–water partition coefficient (Wildman–Crippen LogP) is 0.832. The van der Waals surface area contributed by atoms with Gasteiger partial charge < -0.3 is 15.6 Å². The molecule has 0 saturated carbocycles. The second-order valence-corrected chi connectivity index (χ2v) is 5.43. The van der Waals surface area contributed by atoms with Gasteiger partial charge >= 0.3 is 0 Å². The van der Waals surface area contributed by atoms with Gasteiger partial charge in [0.2, 0.25) is 5.91 Å². The van der Waals surface area contributed by atoms with E-state index in [2.05, 4.69) is 30.6 Å². The van der Waals surface area contributed by atoms with Gasteiger partial charge in [0, 0.05) is 25.4 Å². The summed E-state index contributed by atoms with van der Waals surface area (Å²) >= 11 is 0. The molecular weight excluding hydrogens is 320 g/mol. The van der Waals surface area contributed by atoms with E-state index in [-0.39, 0.29) is 18.1 Å². The van der Waals surface area contributed by atoms with Crippen LogP contribution in [0, 0.1) is 0 Å². The highest BCUT2D eigenvalue weighted by atomic mass is 16.2. The van der Waals surface area contributed by atoms with Crippen molar-refractivity contribution < 1.29 is 9.59 Å². The molecule has 2 aromatic heterocycles. The van der Waals surface area contributed by atoms with E-state index in [4.69, 9.17) is 0 Å². The maximum absolute atomic E-state index is 11.7. The molecule has 8 heteroatoms. The fourth-order valence-corrected chi connectivity index (χ4v) is 2.34. The number of hydrogen-bond acceptors (Lipinski definition) is 5. The maximum Gasteiger partial charge on any atom is 0.271 e. The molecule has 3 rings (SSSR count). The number of nitrogens with zero attached hydrogens (tertiary/aromatic N) is 3. The molecule has 25 heavy (non-hydrogen) atoms. The molecule has 3 aromatic rings. The second-order valence-electron chi connectivity index (χ2n) is 5.43. The number of aryl methyl sites for hydroxylation is 1. The van der Waals surface area contributed by atoms with Crippen molar-refractivity contribution in [1.82, 2.24) is 30.6 Å². The van der Waals surface area contributed by atoms with E-state index in [0.29, 0.717) is 6.54 Å². The van der Waals surface area contributed by atoms with Crippen LogP contribution in [0.2, 0.25) is 0 Å². The molecule has 0 aliphatic carbocycles. The van der Waals surface area contributed by atoms with Gasteiger partial charge in [-0.05, 0) is 18.6 Å². The monoisotopic (exact) mass is 338 g/mol. The Bertz CT molecular complexity index is 829. The van der Waals surface area contributed by atoms with Gasteiger partial charge in [0.15, 0.2) is 0 Å². The first-order valence-electron chi connectivity index (χ1n) is 7.97. The van der Waals surface area contributed by atoms with E-state index in [1.165, 1.54) is 18.6 Å². The Kier molecular flexibility index (Phi) is 5.30. The van der Waals surface area contributed by atoms with Gasteiger partial charge in [0.25, 0.3) is 5.91 Å². The molecule has 0 unspecified atom stereocenters. The fraction of sp³-hybridized carbons (Fsp3) is 0.235. The first-order valence-corrected chi connectivity index (χ1v) is 7.97. The zero-order valence-corrected chi connectivity index (χ0v) is 13.5. The average molecular weight is 338 g/mol. The third-order valence-corrected chi connectivity index (χ3v) is 3.56. The lowest BCUT2D eigenvalue weighted by Crippen LogP contribution is -2.37. The number of carbonyl (C=O) groups excluding carboxylic acids is 2. The molecule has 1 aromatic carbocycles. The second kappa shape index (κ2) is 8.00. The lowest BCUT2D eigenvalue weighted by Gasteiger charge is -2.06. The summed E-state index contributed by atoms with van der Waals surface area (Å²) in [6.45, 7) is 0.414. The number of fused-ring (bicyclic) bond motifs is 1. The maximum atomic E-state index is 11.7. The largest absolute Gasteiger partial charge is 0.355 e. The molecule has 0 radical (unpaired) electrons. The number of nitrogens with one attached hydrogen (secondary N) is 3. The number of benzene rings is 1. The lowest BCUT2D eigenvalue weighted by molar-refractivity contribution is -0.120. The van der Waals surface area contributed by atoms with Crippen LogP contribution in [0.25, 0.3) is 11.0 Å². The number of imidazole rings is 1. The summed E-state index contributed by atoms with van der Waals surface area (Å²) in [5.74, 6) is 0.221. The van der Waals surface area contributed by atoms with Gasteiger partial charge in [0.05, 0.1) is 23.8 Å². The van der Waals surface area contributed by atoms with E-state index in [0.717, 1.165) is 29.7 Å². The molecule has 3 N–H and O–H groups in total. The molecule has 0 aliphatic rings. The van der Waals surface area contributed by atoms with Crippen LogP contribution < -0.4 is 10.6 Å². The molecular formula is C17H18N6O2. The van der Waals surface area contributed by atoms with Crippen LogP contribution in [-0.4, -0.2) is 44.8 Å². The summed E-state index contributed by atoms with van der Waals surface area (Å²) in [6.07, 6.45) is 5.74. The van der Waals surface area contributed by atoms with Crippen molar-refractivity contribution in [2.24, 2.45) is 0 Å². The van der Waals surface area contributed by atoms with Crippen LogP contribution in [0.5, 0.6) is 0 Å². The Morgan fingerprint density at radius 1 is 1.12 bits per heavy atom. The van der Waals surface area contributed by atoms with E-state index in [1.807, 2.05) is 24.3 Å². The standard InChI is InChI=1S/C17H18N6O2/c24-16(11-21-17(25)14-10-18-8-9-19-14)20-7-3-6-15-22-12-4-1-2-5-13(12)23-15/h1-2,4-5,8-10H,3,6-7,11H2,(H,20,24)(H,21,25)(H,22,23). The number of aromatic nitrogens is 4. The van der Waals surface area contributed by atoms with E-state index in [1.54, 1.807) is 0 Å².